The first-order valence-corrected chi connectivity index (χ1v) is 7.68. The maximum absolute atomic E-state index is 13.2. The first-order chi connectivity index (χ1) is 12.0. The van der Waals surface area contributed by atoms with Gasteiger partial charge in [0.15, 0.2) is 5.75 Å². The van der Waals surface area contributed by atoms with Gasteiger partial charge in [-0.25, -0.2) is 0 Å². The zero-order valence-electron chi connectivity index (χ0n) is 13.2. The van der Waals surface area contributed by atoms with Crippen molar-refractivity contribution in [2.75, 3.05) is 0 Å². The average molecular weight is 396 g/mol. The topological polar surface area (TPSA) is 21.6 Å². The predicted octanol–water partition coefficient (Wildman–Crippen LogP) is 6.57. The molecular weight excluding hydrogens is 384 g/mol. The van der Waals surface area contributed by atoms with E-state index in [9.17, 15) is 26.3 Å². The summed E-state index contributed by atoms with van der Waals surface area (Å²) in [6.45, 7) is 1.54. The summed E-state index contributed by atoms with van der Waals surface area (Å²) in [5, 5.41) is 3.67. The Labute approximate surface area is 150 Å². The third kappa shape index (κ3) is 4.91. The maximum Gasteiger partial charge on any atom is 0.417 e. The van der Waals surface area contributed by atoms with Crippen molar-refractivity contribution >= 4 is 17.3 Å². The van der Waals surface area contributed by atoms with Crippen LogP contribution in [0, 0.1) is 0 Å². The molecule has 0 heterocycles. The summed E-state index contributed by atoms with van der Waals surface area (Å²) in [6, 6.07) is 6.87. The molecule has 0 N–H and O–H groups in total. The molecule has 0 radical (unpaired) electrons. The highest BCUT2D eigenvalue weighted by atomic mass is 35.5. The van der Waals surface area contributed by atoms with Gasteiger partial charge in [-0.3, -0.25) is 0 Å². The lowest BCUT2D eigenvalue weighted by molar-refractivity contribution is -0.138. The summed E-state index contributed by atoms with van der Waals surface area (Å²) in [6.07, 6.45) is -9.18. The number of hydrogen-bond acceptors (Lipinski definition) is 2. The molecule has 0 saturated carbocycles. The van der Waals surface area contributed by atoms with Crippen LogP contribution >= 0.6 is 11.6 Å². The van der Waals surface area contributed by atoms with Gasteiger partial charge >= 0.3 is 12.4 Å². The molecule has 26 heavy (non-hydrogen) atoms. The largest absolute Gasteiger partial charge is 0.417 e. The van der Waals surface area contributed by atoms with Crippen LogP contribution < -0.4 is 4.84 Å². The monoisotopic (exact) mass is 395 g/mol. The third-order valence-electron chi connectivity index (χ3n) is 3.36. The quantitative estimate of drug-likeness (QED) is 0.326. The van der Waals surface area contributed by atoms with Crippen molar-refractivity contribution < 1.29 is 31.2 Å². The molecule has 2 nitrogen and oxygen atoms in total. The summed E-state index contributed by atoms with van der Waals surface area (Å²) in [5.74, 6) is -0.249. The van der Waals surface area contributed by atoms with Crippen LogP contribution in [0.25, 0.3) is 0 Å². The molecule has 0 saturated heterocycles. The highest BCUT2D eigenvalue weighted by Gasteiger charge is 2.34. The van der Waals surface area contributed by atoms with Crippen LogP contribution in [0.15, 0.2) is 47.6 Å². The molecule has 9 heteroatoms. The summed E-state index contributed by atoms with van der Waals surface area (Å²) >= 11 is 5.77. The highest BCUT2D eigenvalue weighted by molar-refractivity contribution is 6.31. The van der Waals surface area contributed by atoms with Gasteiger partial charge < -0.3 is 4.84 Å². The fourth-order valence-corrected chi connectivity index (χ4v) is 2.32. The van der Waals surface area contributed by atoms with Crippen molar-refractivity contribution in [2.45, 2.75) is 25.7 Å². The van der Waals surface area contributed by atoms with Crippen LogP contribution in [0.3, 0.4) is 0 Å². The van der Waals surface area contributed by atoms with E-state index in [2.05, 4.69) is 5.16 Å². The van der Waals surface area contributed by atoms with Gasteiger partial charge in [0.25, 0.3) is 0 Å². The van der Waals surface area contributed by atoms with E-state index in [-0.39, 0.29) is 28.5 Å². The van der Waals surface area contributed by atoms with Gasteiger partial charge in [0.2, 0.25) is 0 Å². The number of halogens is 7. The molecule has 140 valence electrons. The number of nitrogens with zero attached hydrogens (tertiary/aromatic N) is 1. The fraction of sp³-hybridized carbons (Fsp3) is 0.235. The van der Waals surface area contributed by atoms with Gasteiger partial charge in [0, 0.05) is 10.6 Å². The Morgan fingerprint density at radius 2 is 1.69 bits per heavy atom. The molecular formula is C17H12ClF6NO. The van der Waals surface area contributed by atoms with E-state index >= 15 is 0 Å². The van der Waals surface area contributed by atoms with Gasteiger partial charge in [-0.1, -0.05) is 29.7 Å². The Kier molecular flexibility index (Phi) is 5.85. The van der Waals surface area contributed by atoms with Gasteiger partial charge in [-0.2, -0.15) is 26.3 Å². The molecule has 2 aromatic rings. The zero-order chi connectivity index (χ0) is 19.5. The summed E-state index contributed by atoms with van der Waals surface area (Å²) in [7, 11) is 0. The van der Waals surface area contributed by atoms with Crippen LogP contribution in [0.4, 0.5) is 26.3 Å². The molecule has 0 aliphatic heterocycles. The first-order valence-electron chi connectivity index (χ1n) is 7.30. The van der Waals surface area contributed by atoms with Crippen LogP contribution in [0.5, 0.6) is 5.75 Å². The first kappa shape index (κ1) is 20.1. The highest BCUT2D eigenvalue weighted by Crippen LogP contribution is 2.34. The van der Waals surface area contributed by atoms with Crippen LogP contribution in [-0.4, -0.2) is 5.71 Å². The second kappa shape index (κ2) is 7.57. The molecule has 2 aromatic carbocycles. The molecule has 0 fully saturated rings. The number of rotatable bonds is 4. The molecule has 0 aromatic heterocycles. The van der Waals surface area contributed by atoms with Crippen LogP contribution in [-0.2, 0) is 12.4 Å². The van der Waals surface area contributed by atoms with Gasteiger partial charge in [0.1, 0.15) is 0 Å². The van der Waals surface area contributed by atoms with Crippen molar-refractivity contribution in [1.29, 1.82) is 0 Å². The summed E-state index contributed by atoms with van der Waals surface area (Å²) in [4.78, 5) is 4.93. The molecule has 0 bridgehead atoms. The summed E-state index contributed by atoms with van der Waals surface area (Å²) in [5.41, 5.74) is -2.31. The average Bonchev–Trinajstić information content (AvgIpc) is 2.54. The Hall–Kier alpha value is -2.22. The minimum absolute atomic E-state index is 0.0440. The van der Waals surface area contributed by atoms with Gasteiger partial charge in [-0.05, 0) is 42.8 Å². The SMILES string of the molecule is CCC(=NOc1cccc(C(F)(F)F)c1)c1cc(Cl)ccc1C(F)(F)F. The normalized spacial score (nSPS) is 13.0. The van der Waals surface area contributed by atoms with E-state index in [1.54, 1.807) is 0 Å². The lowest BCUT2D eigenvalue weighted by Gasteiger charge is -2.14. The number of hydrogen-bond donors (Lipinski definition) is 0. The Balaban J connectivity index is 2.40. The standard InChI is InChI=1S/C17H12ClF6NO/c1-2-15(13-9-11(18)6-7-14(13)17(22,23)24)25-26-12-5-3-4-10(8-12)16(19,20)21/h3-9H,2H2,1H3. The third-order valence-corrected chi connectivity index (χ3v) is 3.59. The molecule has 0 atom stereocenters. The Bertz CT molecular complexity index is 814. The van der Waals surface area contributed by atoms with E-state index in [0.717, 1.165) is 30.3 Å². The molecule has 0 aliphatic carbocycles. The van der Waals surface area contributed by atoms with E-state index in [4.69, 9.17) is 16.4 Å². The van der Waals surface area contributed by atoms with E-state index in [1.807, 2.05) is 0 Å². The van der Waals surface area contributed by atoms with Crippen molar-refractivity contribution in [3.63, 3.8) is 0 Å². The minimum atomic E-state index is -4.65. The van der Waals surface area contributed by atoms with Crippen molar-refractivity contribution in [3.8, 4) is 5.75 Å². The van der Waals surface area contributed by atoms with Crippen LogP contribution in [0.1, 0.15) is 30.0 Å². The van der Waals surface area contributed by atoms with Crippen molar-refractivity contribution in [3.05, 3.63) is 64.2 Å². The smallest absolute Gasteiger partial charge is 0.357 e. The van der Waals surface area contributed by atoms with Crippen molar-refractivity contribution in [2.24, 2.45) is 5.16 Å². The zero-order valence-corrected chi connectivity index (χ0v) is 14.0. The van der Waals surface area contributed by atoms with Gasteiger partial charge in [0.05, 0.1) is 16.8 Å². The minimum Gasteiger partial charge on any atom is -0.357 e. The Morgan fingerprint density at radius 1 is 1.00 bits per heavy atom. The van der Waals surface area contributed by atoms with Crippen LogP contribution in [0.2, 0.25) is 5.02 Å². The number of oxime groups is 1. The second-order valence-corrected chi connectivity index (χ2v) is 5.63. The predicted molar refractivity (Wildman–Crippen MR) is 85.4 cm³/mol. The van der Waals surface area contributed by atoms with E-state index < -0.39 is 23.5 Å². The lowest BCUT2D eigenvalue weighted by Crippen LogP contribution is -2.14. The van der Waals surface area contributed by atoms with E-state index in [0.29, 0.717) is 6.07 Å². The number of alkyl halides is 6. The molecule has 0 spiro atoms. The lowest BCUT2D eigenvalue weighted by atomic mass is 10.0. The Morgan fingerprint density at radius 3 is 2.27 bits per heavy atom. The van der Waals surface area contributed by atoms with Gasteiger partial charge in [-0.15, -0.1) is 0 Å². The molecule has 0 unspecified atom stereocenters. The number of benzene rings is 2. The molecule has 2 rings (SSSR count). The molecule has 0 aliphatic rings. The molecule has 0 amide bonds. The fourth-order valence-electron chi connectivity index (χ4n) is 2.14. The van der Waals surface area contributed by atoms with Crippen molar-refractivity contribution in [1.82, 2.24) is 0 Å². The summed E-state index contributed by atoms with van der Waals surface area (Å²) < 4.78 is 77.6. The maximum atomic E-state index is 13.2. The second-order valence-electron chi connectivity index (χ2n) is 5.20. The van der Waals surface area contributed by atoms with E-state index in [1.165, 1.54) is 13.0 Å².